The number of pyridine rings is 1. The largest absolute Gasteiger partial charge is 0.408 e. The summed E-state index contributed by atoms with van der Waals surface area (Å²) >= 11 is 0. The molecule has 1 atom stereocenters. The topological polar surface area (TPSA) is 125 Å². The first-order chi connectivity index (χ1) is 21.7. The predicted molar refractivity (Wildman–Crippen MR) is 163 cm³/mol. The number of alkyl halides is 3. The first-order valence-electron chi connectivity index (χ1n) is 14.5. The van der Waals surface area contributed by atoms with Gasteiger partial charge in [0.1, 0.15) is 12.8 Å². The van der Waals surface area contributed by atoms with E-state index in [0.717, 1.165) is 36.6 Å². The molecule has 4 heterocycles. The number of hydrogen-bond acceptors (Lipinski definition) is 7. The summed E-state index contributed by atoms with van der Waals surface area (Å²) in [5, 5.41) is 18.1. The summed E-state index contributed by atoms with van der Waals surface area (Å²) in [4.78, 5) is 31.9. The molecule has 2 aromatic heterocycles. The smallest absolute Gasteiger partial charge is 0.360 e. The maximum Gasteiger partial charge on any atom is 0.408 e. The van der Waals surface area contributed by atoms with Crippen molar-refractivity contribution in [2.24, 2.45) is 0 Å². The Bertz CT molecular complexity index is 1760. The van der Waals surface area contributed by atoms with Crippen molar-refractivity contribution in [3.8, 4) is 22.4 Å². The number of nitrogens with one attached hydrogen (secondary N) is 3. The van der Waals surface area contributed by atoms with E-state index in [4.69, 9.17) is 10.1 Å². The SMILES string of the molecule is N=Cc1cc(-c2cc(-c3ccc(NC(=O)N4Cc5ccncc5C4)cc3)nn(CC(F)(F)F)c2=O)ccc1NC1CCCCO1. The number of nitrogens with zero attached hydrogens (tertiary/aromatic N) is 4. The second-order valence-corrected chi connectivity index (χ2v) is 11.0. The van der Waals surface area contributed by atoms with Gasteiger partial charge in [0.2, 0.25) is 0 Å². The molecular formula is C32H30F3N7O3. The Labute approximate surface area is 256 Å². The zero-order valence-electron chi connectivity index (χ0n) is 24.1. The van der Waals surface area contributed by atoms with Crippen LogP contribution < -0.4 is 16.2 Å². The highest BCUT2D eigenvalue weighted by atomic mass is 19.4. The number of hydrogen-bond donors (Lipinski definition) is 3. The molecule has 2 aliphatic heterocycles. The Hall–Kier alpha value is -5.04. The van der Waals surface area contributed by atoms with Gasteiger partial charge in [0.05, 0.1) is 11.3 Å². The molecule has 3 N–H and O–H groups in total. The molecule has 6 rings (SSSR count). The number of benzene rings is 2. The quantitative estimate of drug-likeness (QED) is 0.218. The van der Waals surface area contributed by atoms with Gasteiger partial charge >= 0.3 is 12.2 Å². The summed E-state index contributed by atoms with van der Waals surface area (Å²) in [6, 6.07) is 14.4. The number of carbonyl (C=O) groups excluding carboxylic acids is 1. The molecule has 1 saturated heterocycles. The minimum Gasteiger partial charge on any atom is -0.360 e. The molecule has 4 aromatic rings. The third kappa shape index (κ3) is 6.88. The van der Waals surface area contributed by atoms with E-state index in [1.54, 1.807) is 59.8 Å². The Morgan fingerprint density at radius 1 is 1.04 bits per heavy atom. The van der Waals surface area contributed by atoms with Crippen molar-refractivity contribution in [1.82, 2.24) is 19.7 Å². The van der Waals surface area contributed by atoms with Crippen LogP contribution in [-0.2, 0) is 24.4 Å². The van der Waals surface area contributed by atoms with Crippen molar-refractivity contribution in [3.63, 3.8) is 0 Å². The molecule has 2 aromatic carbocycles. The van der Waals surface area contributed by atoms with Crippen LogP contribution in [-0.4, -0.2) is 50.9 Å². The summed E-state index contributed by atoms with van der Waals surface area (Å²) in [7, 11) is 0. The van der Waals surface area contributed by atoms with Gasteiger partial charge in [-0.25, -0.2) is 9.48 Å². The lowest BCUT2D eigenvalue weighted by Crippen LogP contribution is -2.31. The summed E-state index contributed by atoms with van der Waals surface area (Å²) in [6.07, 6.45) is 2.44. The molecule has 0 radical (unpaired) electrons. The van der Waals surface area contributed by atoms with Crippen LogP contribution >= 0.6 is 0 Å². The van der Waals surface area contributed by atoms with E-state index in [9.17, 15) is 22.8 Å². The summed E-state index contributed by atoms with van der Waals surface area (Å²) < 4.78 is 46.6. The summed E-state index contributed by atoms with van der Waals surface area (Å²) in [6.45, 7) is -0.0384. The first-order valence-corrected chi connectivity index (χ1v) is 14.5. The van der Waals surface area contributed by atoms with Crippen LogP contribution in [0.5, 0.6) is 0 Å². The minimum absolute atomic E-state index is 0.00767. The van der Waals surface area contributed by atoms with Crippen molar-refractivity contribution in [2.45, 2.75) is 51.3 Å². The van der Waals surface area contributed by atoms with Crippen LogP contribution in [0.2, 0.25) is 0 Å². The Morgan fingerprint density at radius 3 is 2.53 bits per heavy atom. The Morgan fingerprint density at radius 2 is 1.82 bits per heavy atom. The van der Waals surface area contributed by atoms with E-state index in [2.05, 4.69) is 20.7 Å². The number of urea groups is 1. The second-order valence-electron chi connectivity index (χ2n) is 11.0. The van der Waals surface area contributed by atoms with Gasteiger partial charge in [-0.05, 0) is 72.4 Å². The molecule has 2 aliphatic rings. The zero-order valence-corrected chi connectivity index (χ0v) is 24.1. The molecule has 0 bridgehead atoms. The van der Waals surface area contributed by atoms with Crippen LogP contribution in [0.1, 0.15) is 36.0 Å². The van der Waals surface area contributed by atoms with Gasteiger partial charge in [-0.2, -0.15) is 18.3 Å². The molecule has 232 valence electrons. The normalized spacial score (nSPS) is 16.2. The number of ether oxygens (including phenoxy) is 1. The Kier molecular flexibility index (Phi) is 8.35. The molecule has 45 heavy (non-hydrogen) atoms. The molecule has 0 spiro atoms. The number of rotatable bonds is 7. The van der Waals surface area contributed by atoms with Gasteiger partial charge in [0.15, 0.2) is 0 Å². The number of aromatic nitrogens is 3. The van der Waals surface area contributed by atoms with Crippen molar-refractivity contribution in [3.05, 3.63) is 94.0 Å². The zero-order chi connectivity index (χ0) is 31.6. The maximum absolute atomic E-state index is 13.5. The monoisotopic (exact) mass is 617 g/mol. The molecule has 13 heteroatoms. The van der Waals surface area contributed by atoms with E-state index in [0.29, 0.717) is 52.4 Å². The van der Waals surface area contributed by atoms with Crippen LogP contribution in [0.15, 0.2) is 71.8 Å². The van der Waals surface area contributed by atoms with Crippen molar-refractivity contribution in [1.29, 1.82) is 5.41 Å². The molecule has 0 aliphatic carbocycles. The van der Waals surface area contributed by atoms with Crippen LogP contribution in [0, 0.1) is 5.41 Å². The van der Waals surface area contributed by atoms with E-state index in [-0.39, 0.29) is 23.5 Å². The average Bonchev–Trinajstić information content (AvgIpc) is 3.47. The Balaban J connectivity index is 1.27. The fourth-order valence-electron chi connectivity index (χ4n) is 5.47. The fraction of sp³-hybridized carbons (Fsp3) is 0.281. The first kappa shape index (κ1) is 30.0. The fourth-order valence-corrected chi connectivity index (χ4v) is 5.47. The van der Waals surface area contributed by atoms with E-state index in [1.807, 2.05) is 6.07 Å². The number of halogens is 3. The van der Waals surface area contributed by atoms with Gasteiger partial charge < -0.3 is 25.7 Å². The number of amides is 2. The van der Waals surface area contributed by atoms with E-state index >= 15 is 0 Å². The third-order valence-corrected chi connectivity index (χ3v) is 7.76. The number of carbonyl (C=O) groups is 1. The van der Waals surface area contributed by atoms with Gasteiger partial charge in [0.25, 0.3) is 5.56 Å². The van der Waals surface area contributed by atoms with Crippen LogP contribution in [0.25, 0.3) is 22.4 Å². The van der Waals surface area contributed by atoms with E-state index < -0.39 is 18.3 Å². The van der Waals surface area contributed by atoms with Crippen molar-refractivity contribution >= 4 is 23.6 Å². The van der Waals surface area contributed by atoms with E-state index in [1.165, 1.54) is 6.07 Å². The maximum atomic E-state index is 13.5. The van der Waals surface area contributed by atoms with Gasteiger partial charge in [-0.1, -0.05) is 18.2 Å². The predicted octanol–water partition coefficient (Wildman–Crippen LogP) is 6.02. The van der Waals surface area contributed by atoms with Gasteiger partial charge in [0, 0.05) is 60.8 Å². The highest BCUT2D eigenvalue weighted by Crippen LogP contribution is 2.29. The summed E-state index contributed by atoms with van der Waals surface area (Å²) in [5.74, 6) is 0. The molecular weight excluding hydrogens is 587 g/mol. The molecule has 10 nitrogen and oxygen atoms in total. The molecule has 1 fully saturated rings. The highest BCUT2D eigenvalue weighted by molar-refractivity contribution is 5.90. The third-order valence-electron chi connectivity index (χ3n) is 7.76. The van der Waals surface area contributed by atoms with Crippen molar-refractivity contribution < 1.29 is 22.7 Å². The van der Waals surface area contributed by atoms with Crippen LogP contribution in [0.4, 0.5) is 29.3 Å². The molecule has 0 saturated carbocycles. The highest BCUT2D eigenvalue weighted by Gasteiger charge is 2.30. The lowest BCUT2D eigenvalue weighted by atomic mass is 10.0. The van der Waals surface area contributed by atoms with Crippen LogP contribution in [0.3, 0.4) is 0 Å². The summed E-state index contributed by atoms with van der Waals surface area (Å²) in [5.41, 5.74) is 3.62. The number of fused-ring (bicyclic) bond motifs is 1. The molecule has 1 unspecified atom stereocenters. The minimum atomic E-state index is -4.68. The average molecular weight is 618 g/mol. The lowest BCUT2D eigenvalue weighted by Gasteiger charge is -2.25. The number of anilines is 2. The molecule has 2 amide bonds. The standard InChI is InChI=1S/C32H30F3N7O3/c33-32(34,35)19-42-30(43)26(21-6-9-27(23(13-21)15-36)39-29-3-1-2-12-45-29)14-28(40-42)20-4-7-25(8-5-20)38-31(44)41-17-22-10-11-37-16-24(22)18-41/h4-11,13-16,29,36,39H,1-3,12,17-19H2,(H,38,44). The van der Waals surface area contributed by atoms with Crippen molar-refractivity contribution in [2.75, 3.05) is 17.2 Å². The lowest BCUT2D eigenvalue weighted by molar-refractivity contribution is -0.143. The van der Waals surface area contributed by atoms with Gasteiger partial charge in [-0.15, -0.1) is 0 Å². The van der Waals surface area contributed by atoms with Gasteiger partial charge in [-0.3, -0.25) is 9.78 Å². The second kappa shape index (κ2) is 12.5.